The fraction of sp³-hybridized carbons (Fsp3) is 0.412. The summed E-state index contributed by atoms with van der Waals surface area (Å²) in [6.45, 7) is 7.06. The summed E-state index contributed by atoms with van der Waals surface area (Å²) in [7, 11) is 0. The van der Waals surface area contributed by atoms with Crippen molar-refractivity contribution in [3.05, 3.63) is 46.6 Å². The number of aryl methyl sites for hydroxylation is 1. The van der Waals surface area contributed by atoms with Gasteiger partial charge in [-0.15, -0.1) is 0 Å². The molecular weight excluding hydrogens is 296 g/mol. The van der Waals surface area contributed by atoms with E-state index < -0.39 is 0 Å². The number of rotatable bonds is 7. The van der Waals surface area contributed by atoms with E-state index in [0.717, 1.165) is 35.9 Å². The topological polar surface area (TPSA) is 49.8 Å². The van der Waals surface area contributed by atoms with Crippen molar-refractivity contribution in [2.24, 2.45) is 0 Å². The summed E-state index contributed by atoms with van der Waals surface area (Å²) >= 11 is 5.89. The van der Waals surface area contributed by atoms with Crippen molar-refractivity contribution in [1.29, 1.82) is 0 Å². The zero-order valence-corrected chi connectivity index (χ0v) is 14.1. The van der Waals surface area contributed by atoms with Gasteiger partial charge in [-0.2, -0.15) is 4.98 Å². The van der Waals surface area contributed by atoms with Crippen LogP contribution in [0.3, 0.4) is 0 Å². The molecular formula is C17H23ClN4. The summed E-state index contributed by atoms with van der Waals surface area (Å²) in [5, 5.41) is 7.43. The van der Waals surface area contributed by atoms with Gasteiger partial charge in [0, 0.05) is 29.4 Å². The van der Waals surface area contributed by atoms with Gasteiger partial charge in [0.25, 0.3) is 0 Å². The Morgan fingerprint density at radius 3 is 2.59 bits per heavy atom. The molecule has 0 aliphatic rings. The van der Waals surface area contributed by atoms with Crippen LogP contribution >= 0.6 is 11.6 Å². The molecule has 4 nitrogen and oxygen atoms in total. The van der Waals surface area contributed by atoms with Gasteiger partial charge < -0.3 is 10.6 Å². The third-order valence-corrected chi connectivity index (χ3v) is 3.73. The van der Waals surface area contributed by atoms with Gasteiger partial charge in [-0.25, -0.2) is 4.98 Å². The maximum absolute atomic E-state index is 5.89. The number of nitrogens with one attached hydrogen (secondary N) is 2. The SMILES string of the molecule is CCC(C)Nc1nc(C)cc(NCCc2ccc(Cl)cc2)n1. The molecule has 0 amide bonds. The van der Waals surface area contributed by atoms with Crippen molar-refractivity contribution in [3.63, 3.8) is 0 Å². The van der Waals surface area contributed by atoms with Crippen LogP contribution in [0.2, 0.25) is 5.02 Å². The molecule has 2 N–H and O–H groups in total. The highest BCUT2D eigenvalue weighted by molar-refractivity contribution is 6.30. The van der Waals surface area contributed by atoms with Crippen molar-refractivity contribution in [2.75, 3.05) is 17.2 Å². The minimum absolute atomic E-state index is 0.365. The van der Waals surface area contributed by atoms with Crippen LogP contribution in [-0.4, -0.2) is 22.6 Å². The summed E-state index contributed by atoms with van der Waals surface area (Å²) in [6.07, 6.45) is 1.96. The molecule has 0 radical (unpaired) electrons. The fourth-order valence-corrected chi connectivity index (χ4v) is 2.16. The number of anilines is 2. The second-order valence-corrected chi connectivity index (χ2v) is 5.91. The highest BCUT2D eigenvalue weighted by Gasteiger charge is 2.05. The van der Waals surface area contributed by atoms with Gasteiger partial charge in [0.1, 0.15) is 5.82 Å². The van der Waals surface area contributed by atoms with Gasteiger partial charge in [-0.05, 0) is 44.4 Å². The Balaban J connectivity index is 1.93. The molecule has 1 aromatic carbocycles. The zero-order valence-electron chi connectivity index (χ0n) is 13.4. The quantitative estimate of drug-likeness (QED) is 0.799. The lowest BCUT2D eigenvalue weighted by molar-refractivity contribution is 0.751. The molecule has 1 heterocycles. The second-order valence-electron chi connectivity index (χ2n) is 5.48. The van der Waals surface area contributed by atoms with Crippen molar-refractivity contribution in [1.82, 2.24) is 9.97 Å². The van der Waals surface area contributed by atoms with Crippen LogP contribution in [0.5, 0.6) is 0 Å². The summed E-state index contributed by atoms with van der Waals surface area (Å²) in [4.78, 5) is 8.93. The van der Waals surface area contributed by atoms with Crippen LogP contribution in [0.15, 0.2) is 30.3 Å². The van der Waals surface area contributed by atoms with Gasteiger partial charge in [-0.1, -0.05) is 30.7 Å². The summed E-state index contributed by atoms with van der Waals surface area (Å²) in [5.74, 6) is 1.54. The first-order valence-electron chi connectivity index (χ1n) is 7.67. The molecule has 0 bridgehead atoms. The molecule has 1 unspecified atom stereocenters. The van der Waals surface area contributed by atoms with E-state index in [-0.39, 0.29) is 0 Å². The maximum Gasteiger partial charge on any atom is 0.225 e. The van der Waals surface area contributed by atoms with Crippen molar-refractivity contribution >= 4 is 23.4 Å². The molecule has 0 spiro atoms. The average Bonchev–Trinajstić information content (AvgIpc) is 2.48. The maximum atomic E-state index is 5.89. The first kappa shape index (κ1) is 16.6. The lowest BCUT2D eigenvalue weighted by Crippen LogP contribution is -2.17. The molecule has 0 aliphatic heterocycles. The van der Waals surface area contributed by atoms with Crippen LogP contribution in [0.25, 0.3) is 0 Å². The molecule has 5 heteroatoms. The highest BCUT2D eigenvalue weighted by Crippen LogP contribution is 2.13. The molecule has 118 valence electrons. The van der Waals surface area contributed by atoms with E-state index in [1.807, 2.05) is 37.3 Å². The number of benzene rings is 1. The molecule has 2 aromatic rings. The Kier molecular flexibility index (Phi) is 6.01. The van der Waals surface area contributed by atoms with E-state index in [2.05, 4.69) is 34.4 Å². The standard InChI is InChI=1S/C17H23ClN4/c1-4-12(2)20-17-21-13(3)11-16(22-17)19-10-9-14-5-7-15(18)8-6-14/h5-8,11-12H,4,9-10H2,1-3H3,(H2,19,20,21,22). The minimum Gasteiger partial charge on any atom is -0.370 e. The predicted octanol–water partition coefficient (Wildman–Crippen LogP) is 4.30. The van der Waals surface area contributed by atoms with E-state index in [4.69, 9.17) is 11.6 Å². The van der Waals surface area contributed by atoms with Gasteiger partial charge in [0.05, 0.1) is 0 Å². The van der Waals surface area contributed by atoms with E-state index in [0.29, 0.717) is 12.0 Å². The molecule has 1 atom stereocenters. The Labute approximate surface area is 137 Å². The molecule has 0 aliphatic carbocycles. The van der Waals surface area contributed by atoms with Crippen molar-refractivity contribution in [3.8, 4) is 0 Å². The normalized spacial score (nSPS) is 12.0. The van der Waals surface area contributed by atoms with Gasteiger partial charge in [0.15, 0.2) is 0 Å². The van der Waals surface area contributed by atoms with Gasteiger partial charge >= 0.3 is 0 Å². The summed E-state index contributed by atoms with van der Waals surface area (Å²) < 4.78 is 0. The Morgan fingerprint density at radius 1 is 1.18 bits per heavy atom. The Bertz CT molecular complexity index is 598. The minimum atomic E-state index is 0.365. The second kappa shape index (κ2) is 7.99. The lowest BCUT2D eigenvalue weighted by Gasteiger charge is -2.13. The van der Waals surface area contributed by atoms with E-state index in [1.165, 1.54) is 5.56 Å². The number of halogens is 1. The molecule has 1 aromatic heterocycles. The van der Waals surface area contributed by atoms with E-state index in [1.54, 1.807) is 0 Å². The largest absolute Gasteiger partial charge is 0.370 e. The third kappa shape index (κ3) is 5.19. The van der Waals surface area contributed by atoms with Gasteiger partial charge in [-0.3, -0.25) is 0 Å². The van der Waals surface area contributed by atoms with Crippen molar-refractivity contribution in [2.45, 2.75) is 39.7 Å². The number of nitrogens with zero attached hydrogens (tertiary/aromatic N) is 2. The number of hydrogen-bond donors (Lipinski definition) is 2. The van der Waals surface area contributed by atoms with Crippen molar-refractivity contribution < 1.29 is 0 Å². The first-order valence-corrected chi connectivity index (χ1v) is 8.05. The van der Waals surface area contributed by atoms with Crippen LogP contribution < -0.4 is 10.6 Å². The Hall–Kier alpha value is -1.81. The third-order valence-electron chi connectivity index (χ3n) is 3.48. The van der Waals surface area contributed by atoms with E-state index in [9.17, 15) is 0 Å². The molecule has 2 rings (SSSR count). The van der Waals surface area contributed by atoms with Crippen LogP contribution in [0, 0.1) is 6.92 Å². The van der Waals surface area contributed by atoms with Crippen LogP contribution in [0.4, 0.5) is 11.8 Å². The Morgan fingerprint density at radius 2 is 1.91 bits per heavy atom. The number of aromatic nitrogens is 2. The van der Waals surface area contributed by atoms with Crippen LogP contribution in [-0.2, 0) is 6.42 Å². The smallest absolute Gasteiger partial charge is 0.225 e. The molecule has 22 heavy (non-hydrogen) atoms. The summed E-state index contributed by atoms with van der Waals surface area (Å²) in [6, 6.07) is 10.3. The van der Waals surface area contributed by atoms with Gasteiger partial charge in [0.2, 0.25) is 5.95 Å². The lowest BCUT2D eigenvalue weighted by atomic mass is 10.1. The average molecular weight is 319 g/mol. The number of hydrogen-bond acceptors (Lipinski definition) is 4. The molecule has 0 fully saturated rings. The van der Waals surface area contributed by atoms with Crippen LogP contribution in [0.1, 0.15) is 31.5 Å². The predicted molar refractivity (Wildman–Crippen MR) is 93.8 cm³/mol. The fourth-order valence-electron chi connectivity index (χ4n) is 2.03. The zero-order chi connectivity index (χ0) is 15.9. The molecule has 0 saturated carbocycles. The first-order chi connectivity index (χ1) is 10.6. The highest BCUT2D eigenvalue weighted by atomic mass is 35.5. The van der Waals surface area contributed by atoms with E-state index >= 15 is 0 Å². The summed E-state index contributed by atoms with van der Waals surface area (Å²) in [5.41, 5.74) is 2.20. The molecule has 0 saturated heterocycles. The monoisotopic (exact) mass is 318 g/mol.